The molecule has 1 aliphatic rings. The monoisotopic (exact) mass is 332 g/mol. The van der Waals surface area contributed by atoms with E-state index in [1.807, 2.05) is 18.2 Å². The fourth-order valence-corrected chi connectivity index (χ4v) is 2.50. The van der Waals surface area contributed by atoms with E-state index >= 15 is 0 Å². The van der Waals surface area contributed by atoms with Gasteiger partial charge in [-0.25, -0.2) is 4.79 Å². The Morgan fingerprint density at radius 3 is 2.42 bits per heavy atom. The number of anilines is 1. The number of piperidine rings is 1. The minimum Gasteiger partial charge on any atom is -0.341 e. The third kappa shape index (κ3) is 5.57. The van der Waals surface area contributed by atoms with Crippen molar-refractivity contribution in [2.45, 2.75) is 32.2 Å². The van der Waals surface area contributed by atoms with Crippen LogP contribution in [-0.4, -0.2) is 48.4 Å². The minimum atomic E-state index is -0.713. The summed E-state index contributed by atoms with van der Waals surface area (Å²) in [5, 5.41) is 7.74. The number of rotatable bonds is 5. The fraction of sp³-hybridized carbons (Fsp3) is 0.471. The summed E-state index contributed by atoms with van der Waals surface area (Å²) >= 11 is 0. The van der Waals surface area contributed by atoms with Crippen molar-refractivity contribution >= 4 is 23.5 Å². The summed E-state index contributed by atoms with van der Waals surface area (Å²) < 4.78 is 0. The lowest BCUT2D eigenvalue weighted by molar-refractivity contribution is -0.130. The molecule has 1 fully saturated rings. The smallest absolute Gasteiger partial charge is 0.315 e. The number of nitrogens with zero attached hydrogens (tertiary/aromatic N) is 1. The molecular weight excluding hydrogens is 308 g/mol. The maximum absolute atomic E-state index is 12.0. The van der Waals surface area contributed by atoms with Crippen LogP contribution in [0.4, 0.5) is 10.5 Å². The van der Waals surface area contributed by atoms with Gasteiger partial charge in [0.05, 0.1) is 6.54 Å². The summed E-state index contributed by atoms with van der Waals surface area (Å²) in [6.07, 6.45) is 3.16. The molecule has 7 heteroatoms. The highest BCUT2D eigenvalue weighted by atomic mass is 16.2. The SMILES string of the molecule is C[C@H](NC(=O)NCC(=O)N1CCCCC1)C(=O)Nc1ccccc1. The van der Waals surface area contributed by atoms with Gasteiger partial charge in [-0.15, -0.1) is 0 Å². The molecule has 0 saturated carbocycles. The fourth-order valence-electron chi connectivity index (χ4n) is 2.50. The number of likely N-dealkylation sites (tertiary alicyclic amines) is 1. The standard InChI is InChI=1S/C17H24N4O3/c1-13(16(23)20-14-8-4-2-5-9-14)19-17(24)18-12-15(22)21-10-6-3-7-11-21/h2,4-5,8-9,13H,3,6-7,10-12H2,1H3,(H,20,23)(H2,18,19,24)/t13-/m0/s1. The van der Waals surface area contributed by atoms with Crippen LogP contribution in [0.5, 0.6) is 0 Å². The molecule has 130 valence electrons. The zero-order chi connectivity index (χ0) is 17.4. The van der Waals surface area contributed by atoms with Crippen molar-refractivity contribution < 1.29 is 14.4 Å². The second-order valence-corrected chi connectivity index (χ2v) is 5.85. The molecule has 0 bridgehead atoms. The van der Waals surface area contributed by atoms with Crippen LogP contribution in [0.1, 0.15) is 26.2 Å². The van der Waals surface area contributed by atoms with Gasteiger partial charge in [0, 0.05) is 18.8 Å². The van der Waals surface area contributed by atoms with Gasteiger partial charge in [0.25, 0.3) is 0 Å². The summed E-state index contributed by atoms with van der Waals surface area (Å²) in [7, 11) is 0. The number of benzene rings is 1. The Labute approximate surface area is 141 Å². The molecule has 1 heterocycles. The molecule has 1 saturated heterocycles. The molecule has 1 atom stereocenters. The summed E-state index contributed by atoms with van der Waals surface area (Å²) in [6, 6.07) is 7.76. The average Bonchev–Trinajstić information content (AvgIpc) is 2.61. The summed E-state index contributed by atoms with van der Waals surface area (Å²) in [5.41, 5.74) is 0.664. The molecule has 3 N–H and O–H groups in total. The van der Waals surface area contributed by atoms with Crippen LogP contribution in [-0.2, 0) is 9.59 Å². The predicted molar refractivity (Wildman–Crippen MR) is 91.5 cm³/mol. The molecule has 0 spiro atoms. The second kappa shape index (κ2) is 8.90. The van der Waals surface area contributed by atoms with Gasteiger partial charge in [0.2, 0.25) is 11.8 Å². The highest BCUT2D eigenvalue weighted by molar-refractivity contribution is 5.97. The van der Waals surface area contributed by atoms with Crippen LogP contribution in [0.2, 0.25) is 0 Å². The van der Waals surface area contributed by atoms with Gasteiger partial charge in [-0.05, 0) is 38.3 Å². The zero-order valence-corrected chi connectivity index (χ0v) is 13.9. The van der Waals surface area contributed by atoms with E-state index in [4.69, 9.17) is 0 Å². The van der Waals surface area contributed by atoms with Crippen LogP contribution in [0.15, 0.2) is 30.3 Å². The molecule has 7 nitrogen and oxygen atoms in total. The highest BCUT2D eigenvalue weighted by Crippen LogP contribution is 2.08. The Morgan fingerprint density at radius 2 is 1.75 bits per heavy atom. The predicted octanol–water partition coefficient (Wildman–Crippen LogP) is 1.33. The van der Waals surface area contributed by atoms with Gasteiger partial charge in [-0.2, -0.15) is 0 Å². The molecular formula is C17H24N4O3. The number of para-hydroxylation sites is 1. The van der Waals surface area contributed by atoms with Crippen molar-refractivity contribution in [3.63, 3.8) is 0 Å². The van der Waals surface area contributed by atoms with E-state index < -0.39 is 12.1 Å². The molecule has 0 aliphatic carbocycles. The molecule has 2 rings (SSSR count). The van der Waals surface area contributed by atoms with Crippen LogP contribution >= 0.6 is 0 Å². The Bertz CT molecular complexity index is 570. The summed E-state index contributed by atoms with van der Waals surface area (Å²) in [6.45, 7) is 3.03. The number of hydrogen-bond acceptors (Lipinski definition) is 3. The lowest BCUT2D eigenvalue weighted by atomic mass is 10.1. The van der Waals surface area contributed by atoms with Crippen molar-refractivity contribution in [1.82, 2.24) is 15.5 Å². The Hall–Kier alpha value is -2.57. The first-order chi connectivity index (χ1) is 11.6. The summed E-state index contributed by atoms with van der Waals surface area (Å²) in [4.78, 5) is 37.6. The van der Waals surface area contributed by atoms with Crippen LogP contribution < -0.4 is 16.0 Å². The number of urea groups is 1. The van der Waals surface area contributed by atoms with E-state index in [1.54, 1.807) is 24.0 Å². The number of carbonyl (C=O) groups excluding carboxylic acids is 3. The Kier molecular flexibility index (Phi) is 6.60. The molecule has 1 aliphatic heterocycles. The normalized spacial score (nSPS) is 15.3. The topological polar surface area (TPSA) is 90.5 Å². The molecule has 1 aromatic rings. The number of amides is 4. The first kappa shape index (κ1) is 17.8. The van der Waals surface area contributed by atoms with Crippen molar-refractivity contribution in [3.8, 4) is 0 Å². The number of nitrogens with one attached hydrogen (secondary N) is 3. The second-order valence-electron chi connectivity index (χ2n) is 5.85. The third-order valence-electron chi connectivity index (χ3n) is 3.89. The third-order valence-corrected chi connectivity index (χ3v) is 3.89. The number of hydrogen-bond donors (Lipinski definition) is 3. The summed E-state index contributed by atoms with van der Waals surface area (Å²) in [5.74, 6) is -0.412. The van der Waals surface area contributed by atoms with Crippen LogP contribution in [0, 0.1) is 0 Å². The van der Waals surface area contributed by atoms with Crippen LogP contribution in [0.3, 0.4) is 0 Å². The Morgan fingerprint density at radius 1 is 1.08 bits per heavy atom. The van der Waals surface area contributed by atoms with E-state index in [-0.39, 0.29) is 18.4 Å². The molecule has 0 radical (unpaired) electrons. The molecule has 0 unspecified atom stereocenters. The first-order valence-corrected chi connectivity index (χ1v) is 8.24. The van der Waals surface area contributed by atoms with Gasteiger partial charge >= 0.3 is 6.03 Å². The lowest BCUT2D eigenvalue weighted by Crippen LogP contribution is -2.49. The van der Waals surface area contributed by atoms with E-state index in [2.05, 4.69) is 16.0 Å². The van der Waals surface area contributed by atoms with E-state index in [0.29, 0.717) is 5.69 Å². The first-order valence-electron chi connectivity index (χ1n) is 8.24. The Balaban J connectivity index is 1.70. The van der Waals surface area contributed by atoms with Crippen molar-refractivity contribution in [2.24, 2.45) is 0 Å². The van der Waals surface area contributed by atoms with Gasteiger partial charge in [0.15, 0.2) is 0 Å². The van der Waals surface area contributed by atoms with Crippen molar-refractivity contribution in [2.75, 3.05) is 25.0 Å². The van der Waals surface area contributed by atoms with Gasteiger partial charge in [-0.1, -0.05) is 18.2 Å². The molecule has 24 heavy (non-hydrogen) atoms. The molecule has 4 amide bonds. The highest BCUT2D eigenvalue weighted by Gasteiger charge is 2.19. The van der Waals surface area contributed by atoms with Gasteiger partial charge in [-0.3, -0.25) is 9.59 Å². The van der Waals surface area contributed by atoms with Crippen molar-refractivity contribution in [1.29, 1.82) is 0 Å². The van der Waals surface area contributed by atoms with Gasteiger partial charge < -0.3 is 20.9 Å². The zero-order valence-electron chi connectivity index (χ0n) is 13.9. The minimum absolute atomic E-state index is 0.0567. The lowest BCUT2D eigenvalue weighted by Gasteiger charge is -2.26. The quantitative estimate of drug-likeness (QED) is 0.760. The van der Waals surface area contributed by atoms with Crippen molar-refractivity contribution in [3.05, 3.63) is 30.3 Å². The molecule has 1 aromatic carbocycles. The maximum Gasteiger partial charge on any atom is 0.315 e. The molecule has 0 aromatic heterocycles. The maximum atomic E-state index is 12.0. The average molecular weight is 332 g/mol. The van der Waals surface area contributed by atoms with E-state index in [9.17, 15) is 14.4 Å². The van der Waals surface area contributed by atoms with E-state index in [0.717, 1.165) is 32.4 Å². The number of carbonyl (C=O) groups is 3. The van der Waals surface area contributed by atoms with E-state index in [1.165, 1.54) is 0 Å². The van der Waals surface area contributed by atoms with Crippen LogP contribution in [0.25, 0.3) is 0 Å². The van der Waals surface area contributed by atoms with Gasteiger partial charge in [0.1, 0.15) is 6.04 Å². The largest absolute Gasteiger partial charge is 0.341 e.